The molecule has 1 aromatic carbocycles. The SMILES string of the molecule is CC(=O)c1cccc(NCn2nc(-c3ccncc3)oc2=S)c1. The highest BCUT2D eigenvalue weighted by Gasteiger charge is 2.08. The largest absolute Gasteiger partial charge is 0.409 e. The Morgan fingerprint density at radius 2 is 2.09 bits per heavy atom. The Bertz CT molecular complexity index is 886. The van der Waals surface area contributed by atoms with E-state index in [1.165, 1.54) is 6.92 Å². The summed E-state index contributed by atoms with van der Waals surface area (Å²) in [5.41, 5.74) is 2.27. The first-order valence-electron chi connectivity index (χ1n) is 6.97. The van der Waals surface area contributed by atoms with E-state index in [4.69, 9.17) is 16.6 Å². The maximum Gasteiger partial charge on any atom is 0.289 e. The second-order valence-electron chi connectivity index (χ2n) is 4.88. The lowest BCUT2D eigenvalue weighted by Crippen LogP contribution is -2.10. The topological polar surface area (TPSA) is 73.0 Å². The van der Waals surface area contributed by atoms with Crippen molar-refractivity contribution in [3.63, 3.8) is 0 Å². The number of hydrogen-bond donors (Lipinski definition) is 1. The van der Waals surface area contributed by atoms with Crippen LogP contribution in [0.15, 0.2) is 53.2 Å². The predicted molar refractivity (Wildman–Crippen MR) is 88.6 cm³/mol. The van der Waals surface area contributed by atoms with Crippen molar-refractivity contribution in [2.24, 2.45) is 0 Å². The predicted octanol–water partition coefficient (Wildman–Crippen LogP) is 3.54. The van der Waals surface area contributed by atoms with E-state index in [9.17, 15) is 4.79 Å². The maximum atomic E-state index is 11.4. The maximum absolute atomic E-state index is 11.4. The number of aromatic nitrogens is 3. The Balaban J connectivity index is 1.77. The van der Waals surface area contributed by atoms with Crippen molar-refractivity contribution < 1.29 is 9.21 Å². The first-order valence-corrected chi connectivity index (χ1v) is 7.37. The highest BCUT2D eigenvalue weighted by Crippen LogP contribution is 2.17. The van der Waals surface area contributed by atoms with E-state index in [0.29, 0.717) is 18.1 Å². The summed E-state index contributed by atoms with van der Waals surface area (Å²) in [4.78, 5) is 15.6. The van der Waals surface area contributed by atoms with Gasteiger partial charge in [-0.25, -0.2) is 4.68 Å². The van der Waals surface area contributed by atoms with Gasteiger partial charge in [0.1, 0.15) is 6.67 Å². The average Bonchev–Trinajstić information content (AvgIpc) is 2.95. The molecule has 0 saturated carbocycles. The molecular formula is C16H14N4O2S. The Morgan fingerprint density at radius 3 is 2.83 bits per heavy atom. The monoisotopic (exact) mass is 326 g/mol. The van der Waals surface area contributed by atoms with Crippen LogP contribution in [0.2, 0.25) is 0 Å². The Kier molecular flexibility index (Phi) is 4.29. The normalized spacial score (nSPS) is 10.5. The molecule has 7 heteroatoms. The Morgan fingerprint density at radius 1 is 1.30 bits per heavy atom. The van der Waals surface area contributed by atoms with Gasteiger partial charge in [-0.3, -0.25) is 9.78 Å². The molecule has 3 rings (SSSR count). The van der Waals surface area contributed by atoms with Gasteiger partial charge in [0.2, 0.25) is 5.89 Å². The van der Waals surface area contributed by atoms with E-state index in [-0.39, 0.29) is 10.6 Å². The molecule has 116 valence electrons. The van der Waals surface area contributed by atoms with Crippen molar-refractivity contribution in [1.29, 1.82) is 0 Å². The van der Waals surface area contributed by atoms with Crippen LogP contribution >= 0.6 is 12.2 Å². The number of carbonyl (C=O) groups excluding carboxylic acids is 1. The third kappa shape index (κ3) is 3.51. The number of anilines is 1. The standard InChI is InChI=1S/C16H14N4O2S/c1-11(21)13-3-2-4-14(9-13)18-10-20-16(23)22-15(19-20)12-5-7-17-8-6-12/h2-9,18H,10H2,1H3. The number of ketones is 1. The molecule has 0 atom stereocenters. The molecule has 3 aromatic rings. The molecule has 0 saturated heterocycles. The van der Waals surface area contributed by atoms with Gasteiger partial charge < -0.3 is 9.73 Å². The van der Waals surface area contributed by atoms with E-state index < -0.39 is 0 Å². The van der Waals surface area contributed by atoms with Crippen molar-refractivity contribution in [2.75, 3.05) is 5.32 Å². The van der Waals surface area contributed by atoms with Crippen LogP contribution in [0.4, 0.5) is 5.69 Å². The van der Waals surface area contributed by atoms with Gasteiger partial charge in [-0.2, -0.15) is 0 Å². The van der Waals surface area contributed by atoms with Crippen LogP contribution in [0.3, 0.4) is 0 Å². The van der Waals surface area contributed by atoms with E-state index in [1.54, 1.807) is 41.3 Å². The Labute approximate surface area is 137 Å². The van der Waals surface area contributed by atoms with Gasteiger partial charge in [-0.15, -0.1) is 5.10 Å². The average molecular weight is 326 g/mol. The zero-order chi connectivity index (χ0) is 16.2. The lowest BCUT2D eigenvalue weighted by molar-refractivity contribution is 0.101. The number of benzene rings is 1. The number of hydrogen-bond acceptors (Lipinski definition) is 6. The summed E-state index contributed by atoms with van der Waals surface area (Å²) in [5.74, 6) is 0.461. The number of carbonyl (C=O) groups is 1. The van der Waals surface area contributed by atoms with Gasteiger partial charge >= 0.3 is 0 Å². The van der Waals surface area contributed by atoms with E-state index in [1.807, 2.05) is 12.1 Å². The number of nitrogens with zero attached hydrogens (tertiary/aromatic N) is 3. The molecule has 0 fully saturated rings. The summed E-state index contributed by atoms with van der Waals surface area (Å²) >= 11 is 5.18. The molecule has 0 aliphatic carbocycles. The lowest BCUT2D eigenvalue weighted by Gasteiger charge is -2.06. The van der Waals surface area contributed by atoms with E-state index in [2.05, 4.69) is 15.4 Å². The summed E-state index contributed by atoms with van der Waals surface area (Å²) in [6, 6.07) is 10.9. The minimum Gasteiger partial charge on any atom is -0.409 e. The van der Waals surface area contributed by atoms with Crippen LogP contribution in [-0.2, 0) is 6.67 Å². The Hall–Kier alpha value is -2.80. The molecule has 6 nitrogen and oxygen atoms in total. The summed E-state index contributed by atoms with van der Waals surface area (Å²) < 4.78 is 7.04. The first-order chi connectivity index (χ1) is 11.1. The molecule has 0 amide bonds. The molecule has 0 aliphatic rings. The van der Waals surface area contributed by atoms with Crippen molar-refractivity contribution in [3.8, 4) is 11.5 Å². The van der Waals surface area contributed by atoms with Gasteiger partial charge in [0, 0.05) is 29.2 Å². The van der Waals surface area contributed by atoms with Crippen LogP contribution in [-0.4, -0.2) is 20.5 Å². The summed E-state index contributed by atoms with van der Waals surface area (Å²) in [6.07, 6.45) is 3.33. The molecule has 2 aromatic heterocycles. The summed E-state index contributed by atoms with van der Waals surface area (Å²) in [7, 11) is 0. The molecule has 0 spiro atoms. The molecule has 2 heterocycles. The van der Waals surface area contributed by atoms with Crippen molar-refractivity contribution in [3.05, 3.63) is 59.2 Å². The highest BCUT2D eigenvalue weighted by atomic mass is 32.1. The zero-order valence-corrected chi connectivity index (χ0v) is 13.2. The molecule has 1 N–H and O–H groups in total. The van der Waals surface area contributed by atoms with Crippen LogP contribution in [0.25, 0.3) is 11.5 Å². The van der Waals surface area contributed by atoms with Gasteiger partial charge in [-0.1, -0.05) is 12.1 Å². The number of nitrogens with one attached hydrogen (secondary N) is 1. The second kappa shape index (κ2) is 6.53. The fourth-order valence-corrected chi connectivity index (χ4v) is 2.22. The van der Waals surface area contributed by atoms with Gasteiger partial charge in [0.05, 0.1) is 0 Å². The lowest BCUT2D eigenvalue weighted by atomic mass is 10.1. The smallest absolute Gasteiger partial charge is 0.289 e. The second-order valence-corrected chi connectivity index (χ2v) is 5.23. The molecule has 23 heavy (non-hydrogen) atoms. The van der Waals surface area contributed by atoms with Gasteiger partial charge in [0.15, 0.2) is 5.78 Å². The first kappa shape index (κ1) is 15.1. The molecule has 0 unspecified atom stereocenters. The highest BCUT2D eigenvalue weighted by molar-refractivity contribution is 7.71. The van der Waals surface area contributed by atoms with Crippen LogP contribution in [0, 0.1) is 4.84 Å². The zero-order valence-electron chi connectivity index (χ0n) is 12.4. The van der Waals surface area contributed by atoms with Gasteiger partial charge in [0.25, 0.3) is 4.84 Å². The number of pyridine rings is 1. The van der Waals surface area contributed by atoms with Crippen LogP contribution in [0.1, 0.15) is 17.3 Å². The molecule has 0 radical (unpaired) electrons. The summed E-state index contributed by atoms with van der Waals surface area (Å²) in [6.45, 7) is 1.88. The van der Waals surface area contributed by atoms with Crippen LogP contribution < -0.4 is 5.32 Å². The number of rotatable bonds is 5. The fraction of sp³-hybridized carbons (Fsp3) is 0.125. The minimum atomic E-state index is 0.0201. The molecule has 0 aliphatic heterocycles. The van der Waals surface area contributed by atoms with E-state index >= 15 is 0 Å². The van der Waals surface area contributed by atoms with Crippen molar-refractivity contribution >= 4 is 23.7 Å². The quantitative estimate of drug-likeness (QED) is 0.571. The third-order valence-electron chi connectivity index (χ3n) is 3.24. The van der Waals surface area contributed by atoms with Crippen LogP contribution in [0.5, 0.6) is 0 Å². The molecular weight excluding hydrogens is 312 g/mol. The van der Waals surface area contributed by atoms with E-state index in [0.717, 1.165) is 11.3 Å². The molecule has 0 bridgehead atoms. The minimum absolute atomic E-state index is 0.0201. The van der Waals surface area contributed by atoms with Crippen molar-refractivity contribution in [2.45, 2.75) is 13.6 Å². The third-order valence-corrected chi connectivity index (χ3v) is 3.53. The number of Topliss-reactive ketones (excluding diaryl/α,β-unsaturated/α-hetero) is 1. The summed E-state index contributed by atoms with van der Waals surface area (Å²) in [5, 5.41) is 7.51. The van der Waals surface area contributed by atoms with Gasteiger partial charge in [-0.05, 0) is 43.4 Å². The van der Waals surface area contributed by atoms with Crippen molar-refractivity contribution in [1.82, 2.24) is 14.8 Å². The fourth-order valence-electron chi connectivity index (χ4n) is 2.03.